The number of nitrogens with one attached hydrogen (secondary N) is 1. The van der Waals surface area contributed by atoms with Crippen molar-refractivity contribution in [3.8, 4) is 0 Å². The summed E-state index contributed by atoms with van der Waals surface area (Å²) in [6, 6.07) is 2.91. The van der Waals surface area contributed by atoms with E-state index in [2.05, 4.69) is 48.1 Å². The summed E-state index contributed by atoms with van der Waals surface area (Å²) >= 11 is 0. The van der Waals surface area contributed by atoms with Crippen LogP contribution in [-0.2, 0) is 11.2 Å². The summed E-state index contributed by atoms with van der Waals surface area (Å²) in [5, 5.41) is 8.03. The first-order valence-electron chi connectivity index (χ1n) is 7.49. The second-order valence-electron chi connectivity index (χ2n) is 5.05. The van der Waals surface area contributed by atoms with Crippen LogP contribution in [0.15, 0.2) is 12.3 Å². The minimum Gasteiger partial charge on any atom is -0.377 e. The summed E-state index contributed by atoms with van der Waals surface area (Å²) in [6.45, 7) is 9.36. The summed E-state index contributed by atoms with van der Waals surface area (Å²) in [5.41, 5.74) is 1.14. The average Bonchev–Trinajstić information content (AvgIpc) is 2.90. The van der Waals surface area contributed by atoms with Crippen LogP contribution >= 0.6 is 0 Å². The van der Waals surface area contributed by atoms with Gasteiger partial charge in [0, 0.05) is 31.3 Å². The predicted octanol–water partition coefficient (Wildman–Crippen LogP) is 2.80. The Bertz CT molecular complexity index is 351. The molecule has 0 aliphatic rings. The number of likely N-dealkylation sites (N-methyl/N-ethyl adjacent to an activating group) is 1. The molecular formula is C15H29N3O. The maximum Gasteiger partial charge on any atom is 0.0729 e. The van der Waals surface area contributed by atoms with E-state index < -0.39 is 0 Å². The van der Waals surface area contributed by atoms with Crippen LogP contribution in [0, 0.1) is 0 Å². The second kappa shape index (κ2) is 8.33. The van der Waals surface area contributed by atoms with Gasteiger partial charge in [-0.25, -0.2) is 0 Å². The first-order valence-corrected chi connectivity index (χ1v) is 7.49. The highest BCUT2D eigenvalue weighted by atomic mass is 16.5. The van der Waals surface area contributed by atoms with Gasteiger partial charge in [0.15, 0.2) is 0 Å². The number of nitrogens with zero attached hydrogens (tertiary/aromatic N) is 2. The van der Waals surface area contributed by atoms with E-state index in [4.69, 9.17) is 4.74 Å². The lowest BCUT2D eigenvalue weighted by atomic mass is 10.0. The van der Waals surface area contributed by atoms with Gasteiger partial charge in [-0.05, 0) is 39.8 Å². The number of hydrogen-bond donors (Lipinski definition) is 1. The SMILES string of the molecule is CCOC(CC)C(Cc1ccn(C(C)CC)n1)NC. The third-order valence-corrected chi connectivity index (χ3v) is 3.74. The van der Waals surface area contributed by atoms with Crippen LogP contribution in [0.25, 0.3) is 0 Å². The van der Waals surface area contributed by atoms with E-state index in [0.29, 0.717) is 12.1 Å². The lowest BCUT2D eigenvalue weighted by Crippen LogP contribution is -2.41. The smallest absolute Gasteiger partial charge is 0.0729 e. The molecule has 0 saturated heterocycles. The lowest BCUT2D eigenvalue weighted by molar-refractivity contribution is 0.0336. The standard InChI is InChI=1S/C15H29N3O/c1-6-12(4)18-10-9-13(17-18)11-14(16-5)15(7-2)19-8-3/h9-10,12,14-16H,6-8,11H2,1-5H3. The van der Waals surface area contributed by atoms with Crippen molar-refractivity contribution in [1.29, 1.82) is 0 Å². The molecule has 0 aliphatic heterocycles. The van der Waals surface area contributed by atoms with Crippen molar-refractivity contribution in [1.82, 2.24) is 15.1 Å². The lowest BCUT2D eigenvalue weighted by Gasteiger charge is -2.25. The highest BCUT2D eigenvalue weighted by Crippen LogP contribution is 2.13. The van der Waals surface area contributed by atoms with Crippen LogP contribution in [0.3, 0.4) is 0 Å². The molecule has 0 spiro atoms. The van der Waals surface area contributed by atoms with Gasteiger partial charge in [-0.15, -0.1) is 0 Å². The van der Waals surface area contributed by atoms with Crippen molar-refractivity contribution >= 4 is 0 Å². The Morgan fingerprint density at radius 1 is 1.32 bits per heavy atom. The summed E-state index contributed by atoms with van der Waals surface area (Å²) < 4.78 is 7.85. The number of ether oxygens (including phenoxy) is 1. The highest BCUT2D eigenvalue weighted by Gasteiger charge is 2.20. The molecular weight excluding hydrogens is 238 g/mol. The average molecular weight is 267 g/mol. The van der Waals surface area contributed by atoms with Gasteiger partial charge in [0.05, 0.1) is 11.8 Å². The minimum absolute atomic E-state index is 0.253. The number of aromatic nitrogens is 2. The van der Waals surface area contributed by atoms with E-state index in [1.54, 1.807) is 0 Å². The topological polar surface area (TPSA) is 39.1 Å². The number of hydrogen-bond acceptors (Lipinski definition) is 3. The molecule has 3 unspecified atom stereocenters. The zero-order valence-electron chi connectivity index (χ0n) is 13.0. The third kappa shape index (κ3) is 4.62. The van der Waals surface area contributed by atoms with Gasteiger partial charge in [-0.2, -0.15) is 5.10 Å². The van der Waals surface area contributed by atoms with Crippen molar-refractivity contribution in [2.45, 2.75) is 65.1 Å². The fraction of sp³-hybridized carbons (Fsp3) is 0.800. The molecule has 0 saturated carbocycles. The molecule has 0 radical (unpaired) electrons. The Hall–Kier alpha value is -0.870. The molecule has 110 valence electrons. The van der Waals surface area contributed by atoms with Gasteiger partial charge in [0.1, 0.15) is 0 Å². The fourth-order valence-corrected chi connectivity index (χ4v) is 2.30. The number of rotatable bonds is 9. The van der Waals surface area contributed by atoms with Gasteiger partial charge in [-0.1, -0.05) is 13.8 Å². The van der Waals surface area contributed by atoms with Crippen LogP contribution in [0.4, 0.5) is 0 Å². The summed E-state index contributed by atoms with van der Waals surface area (Å²) in [6.07, 6.45) is 5.37. The second-order valence-corrected chi connectivity index (χ2v) is 5.05. The zero-order chi connectivity index (χ0) is 14.3. The molecule has 0 aliphatic carbocycles. The van der Waals surface area contributed by atoms with Crippen molar-refractivity contribution < 1.29 is 4.74 Å². The Balaban J connectivity index is 2.67. The van der Waals surface area contributed by atoms with E-state index in [0.717, 1.165) is 31.6 Å². The maximum absolute atomic E-state index is 5.79. The summed E-state index contributed by atoms with van der Waals surface area (Å²) in [7, 11) is 2.00. The first kappa shape index (κ1) is 16.2. The van der Waals surface area contributed by atoms with E-state index in [9.17, 15) is 0 Å². The first-order chi connectivity index (χ1) is 9.15. The van der Waals surface area contributed by atoms with Gasteiger partial charge >= 0.3 is 0 Å². The molecule has 0 bridgehead atoms. The maximum atomic E-state index is 5.79. The Morgan fingerprint density at radius 3 is 2.58 bits per heavy atom. The van der Waals surface area contributed by atoms with E-state index in [-0.39, 0.29) is 6.10 Å². The van der Waals surface area contributed by atoms with E-state index >= 15 is 0 Å². The fourth-order valence-electron chi connectivity index (χ4n) is 2.30. The van der Waals surface area contributed by atoms with Crippen molar-refractivity contribution in [3.63, 3.8) is 0 Å². The third-order valence-electron chi connectivity index (χ3n) is 3.74. The normalized spacial score (nSPS) is 16.3. The molecule has 1 aromatic heterocycles. The largest absolute Gasteiger partial charge is 0.377 e. The molecule has 0 fully saturated rings. The zero-order valence-corrected chi connectivity index (χ0v) is 13.0. The molecule has 4 heteroatoms. The Kier molecular flexibility index (Phi) is 7.10. The van der Waals surface area contributed by atoms with E-state index in [1.807, 2.05) is 14.0 Å². The van der Waals surface area contributed by atoms with Crippen LogP contribution < -0.4 is 5.32 Å². The summed E-state index contributed by atoms with van der Waals surface area (Å²) in [5.74, 6) is 0. The molecule has 1 rings (SSSR count). The monoisotopic (exact) mass is 267 g/mol. The van der Waals surface area contributed by atoms with Gasteiger partial charge in [0.2, 0.25) is 0 Å². The quantitative estimate of drug-likeness (QED) is 0.748. The molecule has 0 amide bonds. The van der Waals surface area contributed by atoms with Crippen LogP contribution in [0.1, 0.15) is 52.3 Å². The van der Waals surface area contributed by atoms with Gasteiger partial charge < -0.3 is 10.1 Å². The summed E-state index contributed by atoms with van der Waals surface area (Å²) in [4.78, 5) is 0. The van der Waals surface area contributed by atoms with Crippen LogP contribution in [0.2, 0.25) is 0 Å². The van der Waals surface area contributed by atoms with Crippen molar-refractivity contribution in [2.24, 2.45) is 0 Å². The van der Waals surface area contributed by atoms with Crippen molar-refractivity contribution in [2.75, 3.05) is 13.7 Å². The van der Waals surface area contributed by atoms with Gasteiger partial charge in [-0.3, -0.25) is 4.68 Å². The molecule has 19 heavy (non-hydrogen) atoms. The highest BCUT2D eigenvalue weighted by molar-refractivity contribution is 5.03. The molecule has 1 aromatic rings. The predicted molar refractivity (Wildman–Crippen MR) is 79.5 cm³/mol. The van der Waals surface area contributed by atoms with Crippen LogP contribution in [0.5, 0.6) is 0 Å². The van der Waals surface area contributed by atoms with Gasteiger partial charge in [0.25, 0.3) is 0 Å². The van der Waals surface area contributed by atoms with Crippen LogP contribution in [-0.4, -0.2) is 35.6 Å². The van der Waals surface area contributed by atoms with Crippen molar-refractivity contribution in [3.05, 3.63) is 18.0 Å². The molecule has 0 aromatic carbocycles. The van der Waals surface area contributed by atoms with E-state index in [1.165, 1.54) is 0 Å². The minimum atomic E-state index is 0.253. The molecule has 1 heterocycles. The molecule has 3 atom stereocenters. The Morgan fingerprint density at radius 2 is 2.05 bits per heavy atom. The molecule has 4 nitrogen and oxygen atoms in total. The Labute approximate surface area is 117 Å². The molecule has 1 N–H and O–H groups in total.